The molecule has 1 aliphatic rings. The molecule has 1 rings (SSSR count). The van der Waals surface area contributed by atoms with Gasteiger partial charge in [-0.3, -0.25) is 4.90 Å². The van der Waals surface area contributed by atoms with Gasteiger partial charge in [0.05, 0.1) is 6.54 Å². The van der Waals surface area contributed by atoms with Crippen LogP contribution in [-0.4, -0.2) is 42.8 Å². The van der Waals surface area contributed by atoms with Crippen LogP contribution in [0.3, 0.4) is 0 Å². The zero-order valence-corrected chi connectivity index (χ0v) is 9.98. The summed E-state index contributed by atoms with van der Waals surface area (Å²) in [5.41, 5.74) is 0. The first-order chi connectivity index (χ1) is 7.42. The second-order valence-electron chi connectivity index (χ2n) is 4.63. The molecule has 0 bridgehead atoms. The van der Waals surface area contributed by atoms with Gasteiger partial charge in [0.25, 0.3) is 0 Å². The summed E-state index contributed by atoms with van der Waals surface area (Å²) in [6.45, 7) is 4.58. The van der Waals surface area contributed by atoms with Gasteiger partial charge in [0.2, 0.25) is 0 Å². The van der Waals surface area contributed by atoms with Crippen LogP contribution in [0.25, 0.3) is 0 Å². The van der Waals surface area contributed by atoms with E-state index >= 15 is 0 Å². The molecule has 0 aliphatic heterocycles. The summed E-state index contributed by atoms with van der Waals surface area (Å²) in [4.78, 5) is 1.56. The largest absolute Gasteiger partial charge is 0.401 e. The van der Waals surface area contributed by atoms with Gasteiger partial charge in [-0.2, -0.15) is 13.2 Å². The first-order valence-electron chi connectivity index (χ1n) is 5.96. The minimum Gasteiger partial charge on any atom is -0.313 e. The highest BCUT2D eigenvalue weighted by Gasteiger charge is 2.38. The Labute approximate surface area is 95.2 Å². The predicted octanol–water partition coefficient (Wildman–Crippen LogP) is 2.40. The molecule has 0 aromatic carbocycles. The molecule has 1 N–H and O–H groups in total. The molecular formula is C11H21F3N2. The SMILES string of the molecule is CCCNC(C)CN(CC(F)(F)F)C1CC1. The summed E-state index contributed by atoms with van der Waals surface area (Å²) in [6, 6.07) is 0.287. The second kappa shape index (κ2) is 5.87. The Bertz CT molecular complexity index is 202. The summed E-state index contributed by atoms with van der Waals surface area (Å²) in [5.74, 6) is 0. The summed E-state index contributed by atoms with van der Waals surface area (Å²) in [6.07, 6.45) is -1.24. The average molecular weight is 238 g/mol. The van der Waals surface area contributed by atoms with Crippen molar-refractivity contribution in [3.05, 3.63) is 0 Å². The number of nitrogens with one attached hydrogen (secondary N) is 1. The quantitative estimate of drug-likeness (QED) is 0.732. The highest BCUT2D eigenvalue weighted by atomic mass is 19.4. The molecule has 0 amide bonds. The molecule has 0 aromatic heterocycles. The maximum Gasteiger partial charge on any atom is 0.401 e. The number of alkyl halides is 3. The summed E-state index contributed by atoms with van der Waals surface area (Å²) in [7, 11) is 0. The van der Waals surface area contributed by atoms with Crippen molar-refractivity contribution in [1.29, 1.82) is 0 Å². The van der Waals surface area contributed by atoms with Gasteiger partial charge >= 0.3 is 6.18 Å². The Morgan fingerprint density at radius 1 is 1.38 bits per heavy atom. The molecule has 1 unspecified atom stereocenters. The van der Waals surface area contributed by atoms with Crippen LogP contribution < -0.4 is 5.32 Å². The Morgan fingerprint density at radius 2 is 2.00 bits per heavy atom. The summed E-state index contributed by atoms with van der Waals surface area (Å²) >= 11 is 0. The fourth-order valence-corrected chi connectivity index (χ4v) is 1.82. The van der Waals surface area contributed by atoms with E-state index in [4.69, 9.17) is 0 Å². The number of nitrogens with zero attached hydrogens (tertiary/aromatic N) is 1. The number of rotatable bonds is 7. The monoisotopic (exact) mass is 238 g/mol. The van der Waals surface area contributed by atoms with E-state index in [-0.39, 0.29) is 12.1 Å². The van der Waals surface area contributed by atoms with Crippen molar-refractivity contribution in [1.82, 2.24) is 10.2 Å². The van der Waals surface area contributed by atoms with E-state index in [0.717, 1.165) is 25.8 Å². The van der Waals surface area contributed by atoms with E-state index in [9.17, 15) is 13.2 Å². The van der Waals surface area contributed by atoms with Crippen LogP contribution in [0, 0.1) is 0 Å². The fraction of sp³-hybridized carbons (Fsp3) is 1.00. The van der Waals surface area contributed by atoms with Crippen LogP contribution in [0.5, 0.6) is 0 Å². The molecule has 1 saturated carbocycles. The minimum absolute atomic E-state index is 0.128. The molecule has 1 fully saturated rings. The lowest BCUT2D eigenvalue weighted by Gasteiger charge is -2.27. The first-order valence-corrected chi connectivity index (χ1v) is 5.96. The van der Waals surface area contributed by atoms with E-state index in [1.165, 1.54) is 0 Å². The van der Waals surface area contributed by atoms with Crippen LogP contribution in [0.2, 0.25) is 0 Å². The minimum atomic E-state index is -4.08. The molecule has 96 valence electrons. The fourth-order valence-electron chi connectivity index (χ4n) is 1.82. The maximum absolute atomic E-state index is 12.3. The number of hydrogen-bond acceptors (Lipinski definition) is 2. The van der Waals surface area contributed by atoms with Crippen molar-refractivity contribution < 1.29 is 13.2 Å². The molecule has 0 saturated heterocycles. The van der Waals surface area contributed by atoms with Gasteiger partial charge in [0.15, 0.2) is 0 Å². The Hall–Kier alpha value is -0.290. The summed E-state index contributed by atoms with van der Waals surface area (Å²) < 4.78 is 37.0. The van der Waals surface area contributed by atoms with Crippen molar-refractivity contribution in [3.63, 3.8) is 0 Å². The van der Waals surface area contributed by atoms with E-state index in [2.05, 4.69) is 5.32 Å². The smallest absolute Gasteiger partial charge is 0.313 e. The normalized spacial score (nSPS) is 19.1. The van der Waals surface area contributed by atoms with Crippen molar-refractivity contribution >= 4 is 0 Å². The lowest BCUT2D eigenvalue weighted by molar-refractivity contribution is -0.147. The van der Waals surface area contributed by atoms with Crippen molar-refractivity contribution in [3.8, 4) is 0 Å². The lowest BCUT2D eigenvalue weighted by atomic mass is 10.3. The third kappa shape index (κ3) is 5.70. The maximum atomic E-state index is 12.3. The molecule has 5 heteroatoms. The summed E-state index contributed by atoms with van der Waals surface area (Å²) in [5, 5.41) is 3.22. The highest BCUT2D eigenvalue weighted by Crippen LogP contribution is 2.30. The van der Waals surface area contributed by atoms with Crippen LogP contribution in [0.1, 0.15) is 33.1 Å². The number of halogens is 3. The predicted molar refractivity (Wildman–Crippen MR) is 58.4 cm³/mol. The van der Waals surface area contributed by atoms with Gasteiger partial charge in [0.1, 0.15) is 0 Å². The van der Waals surface area contributed by atoms with Gasteiger partial charge in [-0.25, -0.2) is 0 Å². The Morgan fingerprint density at radius 3 is 2.44 bits per heavy atom. The van der Waals surface area contributed by atoms with Gasteiger partial charge in [-0.15, -0.1) is 0 Å². The molecular weight excluding hydrogens is 217 g/mol. The molecule has 2 nitrogen and oxygen atoms in total. The van der Waals surface area contributed by atoms with Crippen LogP contribution in [0.15, 0.2) is 0 Å². The molecule has 0 spiro atoms. The van der Waals surface area contributed by atoms with Crippen molar-refractivity contribution in [2.75, 3.05) is 19.6 Å². The van der Waals surface area contributed by atoms with E-state index in [0.29, 0.717) is 6.54 Å². The standard InChI is InChI=1S/C11H21F3N2/c1-3-6-15-9(2)7-16(10-4-5-10)8-11(12,13)14/h9-10,15H,3-8H2,1-2H3. The lowest BCUT2D eigenvalue weighted by Crippen LogP contribution is -2.44. The molecule has 1 atom stereocenters. The van der Waals surface area contributed by atoms with Crippen LogP contribution >= 0.6 is 0 Å². The molecule has 0 heterocycles. The molecule has 16 heavy (non-hydrogen) atoms. The third-order valence-electron chi connectivity index (χ3n) is 2.70. The third-order valence-corrected chi connectivity index (χ3v) is 2.70. The topological polar surface area (TPSA) is 15.3 Å². The Kier molecular flexibility index (Phi) is 5.05. The zero-order chi connectivity index (χ0) is 12.2. The van der Waals surface area contributed by atoms with E-state index < -0.39 is 12.7 Å². The average Bonchev–Trinajstić information content (AvgIpc) is 2.94. The van der Waals surface area contributed by atoms with Gasteiger partial charge in [0, 0.05) is 18.6 Å². The highest BCUT2D eigenvalue weighted by molar-refractivity contribution is 4.87. The van der Waals surface area contributed by atoms with Gasteiger partial charge < -0.3 is 5.32 Å². The van der Waals surface area contributed by atoms with E-state index in [1.807, 2.05) is 13.8 Å². The molecule has 1 aliphatic carbocycles. The van der Waals surface area contributed by atoms with E-state index in [1.54, 1.807) is 4.90 Å². The van der Waals surface area contributed by atoms with Crippen LogP contribution in [0.4, 0.5) is 13.2 Å². The molecule has 0 aromatic rings. The van der Waals surface area contributed by atoms with Crippen molar-refractivity contribution in [2.45, 2.75) is 51.4 Å². The zero-order valence-electron chi connectivity index (χ0n) is 9.98. The molecule has 0 radical (unpaired) electrons. The Balaban J connectivity index is 2.33. The number of hydrogen-bond donors (Lipinski definition) is 1. The van der Waals surface area contributed by atoms with Crippen LogP contribution in [-0.2, 0) is 0 Å². The van der Waals surface area contributed by atoms with Gasteiger partial charge in [-0.1, -0.05) is 6.92 Å². The van der Waals surface area contributed by atoms with Gasteiger partial charge in [-0.05, 0) is 32.7 Å². The van der Waals surface area contributed by atoms with Crippen molar-refractivity contribution in [2.24, 2.45) is 0 Å². The first kappa shape index (κ1) is 13.8. The second-order valence-corrected chi connectivity index (χ2v) is 4.63.